The summed E-state index contributed by atoms with van der Waals surface area (Å²) in [5.74, 6) is 0.511. The summed E-state index contributed by atoms with van der Waals surface area (Å²) in [7, 11) is 0. The number of amides is 1. The smallest absolute Gasteiger partial charge is 0.284 e. The van der Waals surface area contributed by atoms with Gasteiger partial charge in [-0.05, 0) is 48.9 Å². The van der Waals surface area contributed by atoms with Crippen molar-refractivity contribution in [2.75, 3.05) is 0 Å². The molecule has 0 aliphatic heterocycles. The molecular formula is C18H15N5O3S. The Kier molecular flexibility index (Phi) is 4.36. The summed E-state index contributed by atoms with van der Waals surface area (Å²) < 4.78 is 1.80. The van der Waals surface area contributed by atoms with Gasteiger partial charge < -0.3 is 5.73 Å². The zero-order valence-corrected chi connectivity index (χ0v) is 14.9. The van der Waals surface area contributed by atoms with Gasteiger partial charge in [0.05, 0.1) is 15.5 Å². The highest BCUT2D eigenvalue weighted by Gasteiger charge is 2.31. The van der Waals surface area contributed by atoms with Crippen LogP contribution in [0.1, 0.15) is 34.9 Å². The second-order valence-corrected chi connectivity index (χ2v) is 7.19. The Labute approximate surface area is 158 Å². The van der Waals surface area contributed by atoms with Gasteiger partial charge in [0.15, 0.2) is 0 Å². The first-order valence-electron chi connectivity index (χ1n) is 8.31. The van der Waals surface area contributed by atoms with Crippen LogP contribution in [0.3, 0.4) is 0 Å². The number of hydrogen-bond donors (Lipinski definition) is 1. The van der Waals surface area contributed by atoms with Gasteiger partial charge in [-0.3, -0.25) is 14.9 Å². The molecule has 1 saturated carbocycles. The molecule has 2 aromatic carbocycles. The molecule has 1 heterocycles. The fourth-order valence-corrected chi connectivity index (χ4v) is 3.54. The van der Waals surface area contributed by atoms with E-state index in [0.29, 0.717) is 16.0 Å². The van der Waals surface area contributed by atoms with Crippen molar-refractivity contribution >= 4 is 23.4 Å². The number of nitrogens with zero attached hydrogens (tertiary/aromatic N) is 4. The van der Waals surface area contributed by atoms with E-state index in [9.17, 15) is 14.9 Å². The molecule has 1 amide bonds. The Morgan fingerprint density at radius 2 is 1.96 bits per heavy atom. The lowest BCUT2D eigenvalue weighted by Crippen LogP contribution is -2.11. The van der Waals surface area contributed by atoms with Gasteiger partial charge in [-0.1, -0.05) is 18.2 Å². The Balaban J connectivity index is 1.71. The summed E-state index contributed by atoms with van der Waals surface area (Å²) in [4.78, 5) is 27.1. The summed E-state index contributed by atoms with van der Waals surface area (Å²) in [5, 5.41) is 16.4. The average molecular weight is 381 g/mol. The normalized spacial score (nSPS) is 13.5. The lowest BCUT2D eigenvalue weighted by atomic mass is 10.2. The minimum absolute atomic E-state index is 0.0903. The van der Waals surface area contributed by atoms with Gasteiger partial charge >= 0.3 is 0 Å². The second kappa shape index (κ2) is 6.84. The highest BCUT2D eigenvalue weighted by atomic mass is 32.2. The SMILES string of the molecule is NC(=O)c1ccc(Sc2nc(C3CC3)n(-c3ccccc3)n2)c([N+](=O)[O-])c1. The van der Waals surface area contributed by atoms with Gasteiger partial charge in [-0.25, -0.2) is 9.67 Å². The summed E-state index contributed by atoms with van der Waals surface area (Å²) in [6.45, 7) is 0. The summed E-state index contributed by atoms with van der Waals surface area (Å²) in [6.07, 6.45) is 2.12. The molecule has 8 nitrogen and oxygen atoms in total. The lowest BCUT2D eigenvalue weighted by molar-refractivity contribution is -0.387. The highest BCUT2D eigenvalue weighted by Crippen LogP contribution is 2.41. The molecule has 1 aromatic heterocycles. The maximum atomic E-state index is 11.4. The highest BCUT2D eigenvalue weighted by molar-refractivity contribution is 7.99. The molecule has 1 aliphatic carbocycles. The van der Waals surface area contributed by atoms with E-state index in [4.69, 9.17) is 5.73 Å². The molecule has 0 spiro atoms. The molecule has 0 radical (unpaired) electrons. The third kappa shape index (κ3) is 3.54. The number of primary amides is 1. The van der Waals surface area contributed by atoms with Crippen molar-refractivity contribution < 1.29 is 9.72 Å². The minimum Gasteiger partial charge on any atom is -0.366 e. The van der Waals surface area contributed by atoms with E-state index in [1.165, 1.54) is 18.2 Å². The predicted molar refractivity (Wildman–Crippen MR) is 99.1 cm³/mol. The third-order valence-corrected chi connectivity index (χ3v) is 5.12. The van der Waals surface area contributed by atoms with Crippen LogP contribution >= 0.6 is 11.8 Å². The van der Waals surface area contributed by atoms with Crippen molar-refractivity contribution in [2.24, 2.45) is 5.73 Å². The number of hydrogen-bond acceptors (Lipinski definition) is 6. The van der Waals surface area contributed by atoms with E-state index in [1.54, 1.807) is 4.68 Å². The van der Waals surface area contributed by atoms with Crippen LogP contribution in [0.25, 0.3) is 5.69 Å². The standard InChI is InChI=1S/C18H15N5O3S/c19-16(24)12-8-9-15(14(10-12)23(25)26)27-18-20-17(11-6-7-11)22(21-18)13-4-2-1-3-5-13/h1-5,8-11H,6-7H2,(H2,19,24). The number of carbonyl (C=O) groups is 1. The van der Waals surface area contributed by atoms with Gasteiger partial charge in [0.1, 0.15) is 5.82 Å². The number of carbonyl (C=O) groups excluding carboxylic acids is 1. The Morgan fingerprint density at radius 1 is 1.22 bits per heavy atom. The van der Waals surface area contributed by atoms with Gasteiger partial charge in [-0.2, -0.15) is 0 Å². The van der Waals surface area contributed by atoms with Gasteiger partial charge in [0.2, 0.25) is 11.1 Å². The molecule has 9 heteroatoms. The number of benzene rings is 2. The van der Waals surface area contributed by atoms with E-state index in [1.807, 2.05) is 30.3 Å². The molecule has 0 saturated heterocycles. The number of para-hydroxylation sites is 1. The third-order valence-electron chi connectivity index (χ3n) is 4.20. The molecule has 4 rings (SSSR count). The molecule has 27 heavy (non-hydrogen) atoms. The molecule has 136 valence electrons. The van der Waals surface area contributed by atoms with E-state index < -0.39 is 10.8 Å². The van der Waals surface area contributed by atoms with Gasteiger partial charge in [0.25, 0.3) is 5.69 Å². The van der Waals surface area contributed by atoms with Crippen LogP contribution in [0.5, 0.6) is 0 Å². The predicted octanol–water partition coefficient (Wildman–Crippen LogP) is 3.30. The molecule has 3 aromatic rings. The van der Waals surface area contributed by atoms with Crippen molar-refractivity contribution in [3.63, 3.8) is 0 Å². The largest absolute Gasteiger partial charge is 0.366 e. The monoisotopic (exact) mass is 381 g/mol. The molecule has 1 aliphatic rings. The topological polar surface area (TPSA) is 117 Å². The molecule has 0 bridgehead atoms. The number of rotatable bonds is 6. The Hall–Kier alpha value is -3.20. The fraction of sp³-hybridized carbons (Fsp3) is 0.167. The van der Waals surface area contributed by atoms with Crippen LogP contribution in [-0.2, 0) is 0 Å². The van der Waals surface area contributed by atoms with Crippen LogP contribution in [0.4, 0.5) is 5.69 Å². The molecule has 2 N–H and O–H groups in total. The van der Waals surface area contributed by atoms with E-state index in [2.05, 4.69) is 10.1 Å². The van der Waals surface area contributed by atoms with Crippen LogP contribution in [-0.4, -0.2) is 25.6 Å². The second-order valence-electron chi connectivity index (χ2n) is 6.18. The Morgan fingerprint density at radius 3 is 2.59 bits per heavy atom. The van der Waals surface area contributed by atoms with Crippen LogP contribution in [0.2, 0.25) is 0 Å². The summed E-state index contributed by atoms with van der Waals surface area (Å²) in [6, 6.07) is 13.8. The van der Waals surface area contributed by atoms with E-state index >= 15 is 0 Å². The van der Waals surface area contributed by atoms with E-state index in [0.717, 1.165) is 36.1 Å². The van der Waals surface area contributed by atoms with Crippen molar-refractivity contribution in [3.8, 4) is 5.69 Å². The molecule has 1 fully saturated rings. The van der Waals surface area contributed by atoms with Crippen molar-refractivity contribution in [3.05, 3.63) is 70.0 Å². The lowest BCUT2D eigenvalue weighted by Gasteiger charge is -2.03. The van der Waals surface area contributed by atoms with Crippen molar-refractivity contribution in [2.45, 2.75) is 28.8 Å². The Bertz CT molecular complexity index is 1030. The first kappa shape index (κ1) is 17.2. The van der Waals surface area contributed by atoms with Crippen LogP contribution in [0, 0.1) is 10.1 Å². The molecular weight excluding hydrogens is 366 g/mol. The van der Waals surface area contributed by atoms with Crippen molar-refractivity contribution in [1.29, 1.82) is 0 Å². The number of nitro benzene ring substituents is 1. The number of nitrogens with two attached hydrogens (primary N) is 1. The summed E-state index contributed by atoms with van der Waals surface area (Å²) in [5.41, 5.74) is 6.01. The number of nitro groups is 1. The molecule has 0 unspecified atom stereocenters. The first-order chi connectivity index (χ1) is 13.0. The molecule has 0 atom stereocenters. The van der Waals surface area contributed by atoms with E-state index in [-0.39, 0.29) is 11.3 Å². The maximum Gasteiger partial charge on any atom is 0.284 e. The average Bonchev–Trinajstić information content (AvgIpc) is 3.43. The van der Waals surface area contributed by atoms with Crippen LogP contribution < -0.4 is 5.73 Å². The zero-order valence-electron chi connectivity index (χ0n) is 14.1. The first-order valence-corrected chi connectivity index (χ1v) is 9.13. The zero-order chi connectivity index (χ0) is 19.0. The van der Waals surface area contributed by atoms with Crippen molar-refractivity contribution in [1.82, 2.24) is 14.8 Å². The maximum absolute atomic E-state index is 11.4. The van der Waals surface area contributed by atoms with Gasteiger partial charge in [-0.15, -0.1) is 5.10 Å². The fourth-order valence-electron chi connectivity index (χ4n) is 2.71. The number of aromatic nitrogens is 3. The minimum atomic E-state index is -0.711. The van der Waals surface area contributed by atoms with Crippen LogP contribution in [0.15, 0.2) is 58.6 Å². The quantitative estimate of drug-likeness (QED) is 0.517. The summed E-state index contributed by atoms with van der Waals surface area (Å²) >= 11 is 1.10. The van der Waals surface area contributed by atoms with Gasteiger partial charge in [0, 0.05) is 17.5 Å².